The van der Waals surface area contributed by atoms with Crippen molar-refractivity contribution in [2.75, 3.05) is 7.11 Å². The number of halogens is 1. The van der Waals surface area contributed by atoms with E-state index in [2.05, 4.69) is 4.98 Å². The van der Waals surface area contributed by atoms with Gasteiger partial charge in [0.2, 0.25) is 0 Å². The monoisotopic (exact) mass is 171 g/mol. The molecule has 0 aliphatic rings. The van der Waals surface area contributed by atoms with E-state index in [4.69, 9.17) is 4.74 Å². The summed E-state index contributed by atoms with van der Waals surface area (Å²) in [6.07, 6.45) is 1.32. The zero-order valence-corrected chi connectivity index (χ0v) is 7.86. The molecule has 2 nitrogen and oxygen atoms in total. The van der Waals surface area contributed by atoms with Crippen LogP contribution < -0.4 is 4.74 Å². The van der Waals surface area contributed by atoms with Crippen LogP contribution in [-0.4, -0.2) is 12.1 Å². The van der Waals surface area contributed by atoms with E-state index >= 15 is 0 Å². The Balaban J connectivity index is 3.16. The predicted molar refractivity (Wildman–Crippen MR) is 46.0 cm³/mol. The van der Waals surface area contributed by atoms with E-state index < -0.39 is 0 Å². The van der Waals surface area contributed by atoms with Crippen molar-refractivity contribution >= 4 is 0 Å². The number of ether oxygens (including phenoxy) is 1. The molecule has 0 atom stereocenters. The Morgan fingerprint density at radius 3 is 2.33 bits per heavy atom. The second-order valence-electron chi connectivity index (χ2n) is 3.79. The quantitative estimate of drug-likeness (QED) is 0.689. The molecule has 68 valence electrons. The first kappa shape index (κ1) is 9.10. The van der Waals surface area contributed by atoms with Gasteiger partial charge in [0.25, 0.3) is 0 Å². The lowest BCUT2D eigenvalue weighted by atomic mass is 9.92. The number of nitrogens with one attached hydrogen (secondary N) is 1. The summed E-state index contributed by atoms with van der Waals surface area (Å²) in [4.78, 5) is 2.86. The molecule has 0 aliphatic heterocycles. The third-order valence-electron chi connectivity index (χ3n) is 1.74. The Morgan fingerprint density at radius 1 is 1.42 bits per heavy atom. The van der Waals surface area contributed by atoms with Crippen LogP contribution >= 0.6 is 0 Å². The molecule has 1 aromatic heterocycles. The lowest BCUT2D eigenvalue weighted by Gasteiger charge is -2.17. The number of H-pyrrole nitrogens is 1. The normalized spacial score (nSPS) is 11.8. The molecule has 0 amide bonds. The zero-order chi connectivity index (χ0) is 9.35. The molecule has 1 rings (SSSR count). The minimum absolute atomic E-state index is 0.115. The minimum atomic E-state index is -0.331. The lowest BCUT2D eigenvalue weighted by Crippen LogP contribution is -2.12. The molecule has 3 heteroatoms. The number of hydrogen-bond acceptors (Lipinski definition) is 1. The summed E-state index contributed by atoms with van der Waals surface area (Å²) in [5.74, 6) is -0.00933. The van der Waals surface area contributed by atoms with Crippen molar-refractivity contribution in [1.29, 1.82) is 0 Å². The predicted octanol–water partition coefficient (Wildman–Crippen LogP) is 2.46. The number of methoxy groups -OCH3 is 1. The fraction of sp³-hybridized carbons (Fsp3) is 0.556. The molecule has 0 spiro atoms. The van der Waals surface area contributed by atoms with Crippen molar-refractivity contribution in [3.8, 4) is 5.75 Å². The SMILES string of the molecule is COc1c(F)c[nH]c1C(C)(C)C. The molecule has 0 saturated heterocycles. The number of aromatic nitrogens is 1. The fourth-order valence-electron chi connectivity index (χ4n) is 1.14. The third kappa shape index (κ3) is 1.44. The van der Waals surface area contributed by atoms with Gasteiger partial charge < -0.3 is 9.72 Å². The number of aromatic amines is 1. The van der Waals surface area contributed by atoms with Gasteiger partial charge in [0, 0.05) is 11.6 Å². The Hall–Kier alpha value is -0.990. The van der Waals surface area contributed by atoms with E-state index in [0.29, 0.717) is 5.75 Å². The van der Waals surface area contributed by atoms with Crippen molar-refractivity contribution in [3.63, 3.8) is 0 Å². The van der Waals surface area contributed by atoms with Crippen LogP contribution in [0.3, 0.4) is 0 Å². The van der Waals surface area contributed by atoms with Crippen molar-refractivity contribution in [3.05, 3.63) is 17.7 Å². The van der Waals surface area contributed by atoms with Crippen LogP contribution in [0.25, 0.3) is 0 Å². The average molecular weight is 171 g/mol. The Labute approximate surface area is 71.7 Å². The molecule has 0 unspecified atom stereocenters. The van der Waals surface area contributed by atoms with Crippen LogP contribution in [0.5, 0.6) is 5.75 Å². The topological polar surface area (TPSA) is 25.0 Å². The maximum atomic E-state index is 13.0. The Morgan fingerprint density at radius 2 is 2.00 bits per heavy atom. The fourth-order valence-corrected chi connectivity index (χ4v) is 1.14. The standard InChI is InChI=1S/C9H14FNO/c1-9(2,3)8-7(12-4)6(10)5-11-8/h5,11H,1-4H3. The smallest absolute Gasteiger partial charge is 0.182 e. The average Bonchev–Trinajstić information content (AvgIpc) is 2.29. The van der Waals surface area contributed by atoms with Crippen LogP contribution in [0.15, 0.2) is 6.20 Å². The third-order valence-corrected chi connectivity index (χ3v) is 1.74. The van der Waals surface area contributed by atoms with Gasteiger partial charge in [0.05, 0.1) is 12.8 Å². The van der Waals surface area contributed by atoms with Crippen molar-refractivity contribution < 1.29 is 9.13 Å². The first-order valence-corrected chi connectivity index (χ1v) is 3.88. The van der Waals surface area contributed by atoms with E-state index in [1.807, 2.05) is 20.8 Å². The Bertz CT molecular complexity index is 273. The van der Waals surface area contributed by atoms with Crippen molar-refractivity contribution in [2.45, 2.75) is 26.2 Å². The van der Waals surface area contributed by atoms with Crippen LogP contribution in [0.2, 0.25) is 0 Å². The molecule has 1 aromatic rings. The van der Waals surface area contributed by atoms with Crippen LogP contribution in [0.4, 0.5) is 4.39 Å². The van der Waals surface area contributed by atoms with Gasteiger partial charge in [0.15, 0.2) is 11.6 Å². The van der Waals surface area contributed by atoms with E-state index in [0.717, 1.165) is 5.69 Å². The van der Waals surface area contributed by atoms with Crippen LogP contribution in [0, 0.1) is 5.82 Å². The van der Waals surface area contributed by atoms with Gasteiger partial charge >= 0.3 is 0 Å². The van der Waals surface area contributed by atoms with Crippen molar-refractivity contribution in [2.24, 2.45) is 0 Å². The Kier molecular flexibility index (Phi) is 2.13. The summed E-state index contributed by atoms with van der Waals surface area (Å²) < 4.78 is 17.9. The maximum Gasteiger partial charge on any atom is 0.182 e. The molecule has 1 heterocycles. The highest BCUT2D eigenvalue weighted by Gasteiger charge is 2.23. The first-order chi connectivity index (χ1) is 5.46. The van der Waals surface area contributed by atoms with Gasteiger partial charge in [-0.05, 0) is 0 Å². The van der Waals surface area contributed by atoms with E-state index in [9.17, 15) is 4.39 Å². The minimum Gasteiger partial charge on any atom is -0.492 e. The molecule has 0 radical (unpaired) electrons. The highest BCUT2D eigenvalue weighted by Crippen LogP contribution is 2.31. The van der Waals surface area contributed by atoms with Crippen LogP contribution in [-0.2, 0) is 5.41 Å². The van der Waals surface area contributed by atoms with E-state index in [1.54, 1.807) is 0 Å². The second kappa shape index (κ2) is 2.81. The molecule has 0 fully saturated rings. The van der Waals surface area contributed by atoms with Gasteiger partial charge in [-0.15, -0.1) is 0 Å². The molecular weight excluding hydrogens is 157 g/mol. The summed E-state index contributed by atoms with van der Waals surface area (Å²) >= 11 is 0. The van der Waals surface area contributed by atoms with Gasteiger partial charge in [-0.2, -0.15) is 0 Å². The highest BCUT2D eigenvalue weighted by atomic mass is 19.1. The molecule has 0 bridgehead atoms. The van der Waals surface area contributed by atoms with Crippen LogP contribution in [0.1, 0.15) is 26.5 Å². The van der Waals surface area contributed by atoms with Gasteiger partial charge in [-0.25, -0.2) is 4.39 Å². The molecular formula is C9H14FNO. The number of hydrogen-bond donors (Lipinski definition) is 1. The zero-order valence-electron chi connectivity index (χ0n) is 7.86. The summed E-state index contributed by atoms with van der Waals surface area (Å²) in [7, 11) is 1.47. The van der Waals surface area contributed by atoms with E-state index in [-0.39, 0.29) is 11.2 Å². The van der Waals surface area contributed by atoms with Gasteiger partial charge in [-0.1, -0.05) is 20.8 Å². The number of rotatable bonds is 1. The van der Waals surface area contributed by atoms with Crippen molar-refractivity contribution in [1.82, 2.24) is 4.98 Å². The van der Waals surface area contributed by atoms with E-state index in [1.165, 1.54) is 13.3 Å². The molecule has 0 aliphatic carbocycles. The highest BCUT2D eigenvalue weighted by molar-refractivity contribution is 5.34. The van der Waals surface area contributed by atoms with Gasteiger partial charge in [0.1, 0.15) is 0 Å². The van der Waals surface area contributed by atoms with Gasteiger partial charge in [-0.3, -0.25) is 0 Å². The summed E-state index contributed by atoms with van der Waals surface area (Å²) in [6, 6.07) is 0. The summed E-state index contributed by atoms with van der Waals surface area (Å²) in [5.41, 5.74) is 0.679. The lowest BCUT2D eigenvalue weighted by molar-refractivity contribution is 0.374. The summed E-state index contributed by atoms with van der Waals surface area (Å²) in [5, 5.41) is 0. The summed E-state index contributed by atoms with van der Waals surface area (Å²) in [6.45, 7) is 6.00. The molecule has 0 aromatic carbocycles. The molecule has 0 saturated carbocycles. The molecule has 1 N–H and O–H groups in total. The maximum absolute atomic E-state index is 13.0. The largest absolute Gasteiger partial charge is 0.492 e. The first-order valence-electron chi connectivity index (χ1n) is 3.88. The molecule has 12 heavy (non-hydrogen) atoms. The second-order valence-corrected chi connectivity index (χ2v) is 3.79.